The molecular formula is C16H28Si2Zr-2. The Bertz CT molecular complexity index is 433. The van der Waals surface area contributed by atoms with Crippen molar-refractivity contribution in [3.05, 3.63) is 44.8 Å². The Balaban J connectivity index is -0.000000270. The summed E-state index contributed by atoms with van der Waals surface area (Å²) in [5.74, 6) is 1.19. The fourth-order valence-electron chi connectivity index (χ4n) is 2.32. The van der Waals surface area contributed by atoms with Crippen molar-refractivity contribution in [2.75, 3.05) is 0 Å². The van der Waals surface area contributed by atoms with Crippen molar-refractivity contribution in [1.29, 1.82) is 0 Å². The van der Waals surface area contributed by atoms with Gasteiger partial charge in [0, 0.05) is 0 Å². The molecule has 0 amide bonds. The first-order valence-corrected chi connectivity index (χ1v) is 8.81. The van der Waals surface area contributed by atoms with Gasteiger partial charge in [-0.3, -0.25) is 12.2 Å². The Labute approximate surface area is 147 Å². The van der Waals surface area contributed by atoms with Crippen molar-refractivity contribution >= 4 is 20.5 Å². The zero-order valence-corrected chi connectivity index (χ0v) is 20.1. The Hall–Kier alpha value is 0.277. The van der Waals surface area contributed by atoms with Crippen molar-refractivity contribution in [2.24, 2.45) is 11.8 Å². The largest absolute Gasteiger partial charge is 2.00 e. The number of rotatable bonds is 0. The van der Waals surface area contributed by atoms with Gasteiger partial charge in [-0.25, -0.2) is 21.5 Å². The summed E-state index contributed by atoms with van der Waals surface area (Å²) in [5.41, 5.74) is 6.02. The SMILES string of the molecule is CC1=C(C)C(C)[C-]=C1[SiH3].CC1=C(C)C(C)[C-]=C1[SiH3].[H-].[H-].[Zr+2]. The molecule has 0 nitrogen and oxygen atoms in total. The van der Waals surface area contributed by atoms with Crippen molar-refractivity contribution in [3.8, 4) is 0 Å². The topological polar surface area (TPSA) is 0 Å². The van der Waals surface area contributed by atoms with Crippen LogP contribution in [0.25, 0.3) is 0 Å². The first kappa shape index (κ1) is 19.3. The third kappa shape index (κ3) is 4.65. The van der Waals surface area contributed by atoms with Crippen LogP contribution in [0.4, 0.5) is 0 Å². The summed E-state index contributed by atoms with van der Waals surface area (Å²) in [6.45, 7) is 13.2. The Morgan fingerprint density at radius 2 is 1.05 bits per heavy atom. The third-order valence-electron chi connectivity index (χ3n) is 4.47. The van der Waals surface area contributed by atoms with Gasteiger partial charge in [-0.2, -0.15) is 11.1 Å². The maximum atomic E-state index is 3.42. The van der Waals surface area contributed by atoms with E-state index in [1.807, 2.05) is 0 Å². The summed E-state index contributed by atoms with van der Waals surface area (Å²) < 4.78 is 0. The number of hydrogen-bond acceptors (Lipinski definition) is 0. The van der Waals surface area contributed by atoms with Crippen molar-refractivity contribution in [2.45, 2.75) is 41.5 Å². The second-order valence-corrected chi connectivity index (χ2v) is 7.60. The Morgan fingerprint density at radius 1 is 0.789 bits per heavy atom. The van der Waals surface area contributed by atoms with E-state index in [9.17, 15) is 0 Å². The molecule has 2 aliphatic rings. The predicted octanol–water partition coefficient (Wildman–Crippen LogP) is 2.27. The van der Waals surface area contributed by atoms with Crippen LogP contribution in [0.1, 0.15) is 44.4 Å². The minimum atomic E-state index is 0. The molecule has 0 saturated carbocycles. The van der Waals surface area contributed by atoms with E-state index in [2.05, 4.69) is 53.7 Å². The quantitative estimate of drug-likeness (QED) is 0.455. The molecule has 0 N–H and O–H groups in total. The Kier molecular flexibility index (Phi) is 8.02. The van der Waals surface area contributed by atoms with Crippen LogP contribution in [0.5, 0.6) is 0 Å². The molecule has 19 heavy (non-hydrogen) atoms. The molecule has 0 saturated heterocycles. The zero-order chi connectivity index (χ0) is 14.0. The molecule has 2 unspecified atom stereocenters. The minimum Gasteiger partial charge on any atom is -1.00 e. The third-order valence-corrected chi connectivity index (χ3v) is 6.55. The van der Waals surface area contributed by atoms with Gasteiger partial charge >= 0.3 is 26.2 Å². The fraction of sp³-hybridized carbons (Fsp3) is 0.500. The first-order chi connectivity index (χ1) is 8.25. The summed E-state index contributed by atoms with van der Waals surface area (Å²) in [7, 11) is 2.32. The molecule has 106 valence electrons. The van der Waals surface area contributed by atoms with Crippen LogP contribution >= 0.6 is 0 Å². The van der Waals surface area contributed by atoms with Crippen LogP contribution in [0.3, 0.4) is 0 Å². The Morgan fingerprint density at radius 3 is 1.11 bits per heavy atom. The number of allylic oxidation sites excluding steroid dienone is 8. The summed E-state index contributed by atoms with van der Waals surface area (Å²) in [6, 6.07) is 0. The zero-order valence-electron chi connectivity index (χ0n) is 15.7. The molecule has 0 heterocycles. The first-order valence-electron chi connectivity index (χ1n) is 6.81. The molecule has 0 aromatic rings. The summed E-state index contributed by atoms with van der Waals surface area (Å²) in [6.07, 6.45) is 6.84. The van der Waals surface area contributed by atoms with Crippen LogP contribution in [0.15, 0.2) is 32.7 Å². The van der Waals surface area contributed by atoms with Gasteiger partial charge in [0.25, 0.3) is 0 Å². The van der Waals surface area contributed by atoms with E-state index in [1.165, 1.54) is 32.7 Å². The minimum absolute atomic E-state index is 0. The molecule has 0 radical (unpaired) electrons. The fourth-order valence-corrected chi connectivity index (χ4v) is 3.98. The molecule has 0 aliphatic heterocycles. The summed E-state index contributed by atoms with van der Waals surface area (Å²) >= 11 is 0. The van der Waals surface area contributed by atoms with Crippen LogP contribution in [0.2, 0.25) is 0 Å². The van der Waals surface area contributed by atoms with Crippen molar-refractivity contribution in [1.82, 2.24) is 0 Å². The average Bonchev–Trinajstić information content (AvgIpc) is 2.66. The molecule has 2 atom stereocenters. The number of hydrogen-bond donors (Lipinski definition) is 0. The van der Waals surface area contributed by atoms with Gasteiger partial charge in [0.05, 0.1) is 0 Å². The van der Waals surface area contributed by atoms with E-state index in [0.29, 0.717) is 11.8 Å². The van der Waals surface area contributed by atoms with Gasteiger partial charge in [-0.1, -0.05) is 39.5 Å². The monoisotopic (exact) mass is 366 g/mol. The average molecular weight is 368 g/mol. The maximum Gasteiger partial charge on any atom is 2.00 e. The standard InChI is InChI=1S/2C8H13Si.Zr.2H/c2*1-5-4-8(9)7(3)6(5)2;;;/h2*5H,1-3,9H3;;;/q2*-1;+2;2*-1. The van der Waals surface area contributed by atoms with E-state index in [-0.39, 0.29) is 29.1 Å². The van der Waals surface area contributed by atoms with Gasteiger partial charge < -0.3 is 2.85 Å². The van der Waals surface area contributed by atoms with E-state index < -0.39 is 0 Å². The summed E-state index contributed by atoms with van der Waals surface area (Å²) in [5, 5.41) is 2.94. The molecule has 0 aromatic heterocycles. The van der Waals surface area contributed by atoms with Gasteiger partial charge in [0.1, 0.15) is 0 Å². The van der Waals surface area contributed by atoms with Gasteiger partial charge in [-0.15, -0.1) is 13.8 Å². The van der Waals surface area contributed by atoms with Crippen LogP contribution < -0.4 is 0 Å². The van der Waals surface area contributed by atoms with E-state index in [0.717, 1.165) is 20.5 Å². The van der Waals surface area contributed by atoms with Gasteiger partial charge in [-0.05, 0) is 20.5 Å². The molecular weight excluding hydrogens is 340 g/mol. The van der Waals surface area contributed by atoms with E-state index in [4.69, 9.17) is 0 Å². The summed E-state index contributed by atoms with van der Waals surface area (Å²) in [4.78, 5) is 0. The van der Waals surface area contributed by atoms with Crippen molar-refractivity contribution < 1.29 is 29.1 Å². The molecule has 0 aromatic carbocycles. The predicted molar refractivity (Wildman–Crippen MR) is 90.7 cm³/mol. The molecule has 3 heteroatoms. The van der Waals surface area contributed by atoms with E-state index in [1.54, 1.807) is 0 Å². The van der Waals surface area contributed by atoms with Gasteiger partial charge in [0.15, 0.2) is 0 Å². The van der Waals surface area contributed by atoms with Gasteiger partial charge in [0.2, 0.25) is 0 Å². The molecule has 0 spiro atoms. The smallest absolute Gasteiger partial charge is 1.00 e. The molecule has 0 bridgehead atoms. The molecule has 2 rings (SSSR count). The molecule has 2 aliphatic carbocycles. The van der Waals surface area contributed by atoms with Crippen molar-refractivity contribution in [3.63, 3.8) is 0 Å². The van der Waals surface area contributed by atoms with Crippen LogP contribution in [-0.4, -0.2) is 20.5 Å². The maximum absolute atomic E-state index is 3.42. The second-order valence-electron chi connectivity index (χ2n) is 5.60. The van der Waals surface area contributed by atoms with Crippen LogP contribution in [-0.2, 0) is 26.2 Å². The second kappa shape index (κ2) is 7.90. The molecule has 0 fully saturated rings. The normalized spacial score (nSPS) is 26.0. The van der Waals surface area contributed by atoms with E-state index >= 15 is 0 Å². The van der Waals surface area contributed by atoms with Crippen LogP contribution in [0, 0.1) is 24.0 Å².